The molecule has 0 fully saturated rings. The molecule has 0 unspecified atom stereocenters. The van der Waals surface area contributed by atoms with Crippen LogP contribution in [0.1, 0.15) is 27.9 Å². The zero-order valence-corrected chi connectivity index (χ0v) is 12.7. The molecule has 2 nitrogen and oxygen atoms in total. The number of halogens is 1. The molecule has 2 aromatic carbocycles. The van der Waals surface area contributed by atoms with Gasteiger partial charge in [0.1, 0.15) is 0 Å². The zero-order valence-electron chi connectivity index (χ0n) is 11.2. The zero-order chi connectivity index (χ0) is 13.9. The maximum Gasteiger partial charge on any atom is 0.167 e. The number of anilines is 1. The number of benzene rings is 2. The fourth-order valence-electron chi connectivity index (χ4n) is 2.54. The van der Waals surface area contributed by atoms with Crippen molar-refractivity contribution < 1.29 is 4.79 Å². The van der Waals surface area contributed by atoms with Gasteiger partial charge in [-0.3, -0.25) is 4.79 Å². The Morgan fingerprint density at radius 3 is 2.75 bits per heavy atom. The first-order chi connectivity index (χ1) is 9.72. The molecule has 0 spiro atoms. The van der Waals surface area contributed by atoms with Gasteiger partial charge in [0, 0.05) is 28.7 Å². The van der Waals surface area contributed by atoms with Crippen molar-refractivity contribution in [3.63, 3.8) is 0 Å². The molecule has 1 aliphatic rings. The average Bonchev–Trinajstić information content (AvgIpc) is 2.49. The van der Waals surface area contributed by atoms with Crippen LogP contribution < -0.4 is 5.32 Å². The number of ketones is 1. The van der Waals surface area contributed by atoms with Gasteiger partial charge >= 0.3 is 0 Å². The minimum atomic E-state index is 0.181. The summed E-state index contributed by atoms with van der Waals surface area (Å²) in [5.41, 5.74) is 4.30. The van der Waals surface area contributed by atoms with Crippen LogP contribution in [0, 0.1) is 0 Å². The van der Waals surface area contributed by atoms with Crippen LogP contribution in [0.4, 0.5) is 5.69 Å². The molecule has 1 aliphatic heterocycles. The fraction of sp³-hybridized carbons (Fsp3) is 0.235. The molecule has 0 aliphatic carbocycles. The van der Waals surface area contributed by atoms with Crippen molar-refractivity contribution in [2.45, 2.75) is 19.3 Å². The van der Waals surface area contributed by atoms with E-state index < -0.39 is 0 Å². The lowest BCUT2D eigenvalue weighted by atomic mass is 9.97. The molecular weight excluding hydrogens is 314 g/mol. The molecule has 1 N–H and O–H groups in total. The van der Waals surface area contributed by atoms with Crippen molar-refractivity contribution in [2.24, 2.45) is 0 Å². The van der Waals surface area contributed by atoms with Crippen molar-refractivity contribution >= 4 is 27.4 Å². The molecule has 0 amide bonds. The molecule has 0 atom stereocenters. The third-order valence-electron chi connectivity index (χ3n) is 3.64. The predicted octanol–water partition coefficient (Wildman–Crippen LogP) is 4.23. The maximum atomic E-state index is 12.4. The van der Waals surface area contributed by atoms with Gasteiger partial charge in [0.25, 0.3) is 0 Å². The number of hydrogen-bond donors (Lipinski definition) is 1. The van der Waals surface area contributed by atoms with E-state index in [4.69, 9.17) is 0 Å². The van der Waals surface area contributed by atoms with Crippen LogP contribution in [0.15, 0.2) is 46.9 Å². The normalized spacial score (nSPS) is 13.4. The van der Waals surface area contributed by atoms with Crippen molar-refractivity contribution in [1.82, 2.24) is 0 Å². The smallest absolute Gasteiger partial charge is 0.167 e. The van der Waals surface area contributed by atoms with Crippen LogP contribution in [0.3, 0.4) is 0 Å². The number of Topliss-reactive ketones (excluding diaryl/α,β-unsaturated/α-hetero) is 1. The second kappa shape index (κ2) is 5.80. The van der Waals surface area contributed by atoms with E-state index >= 15 is 0 Å². The van der Waals surface area contributed by atoms with E-state index in [1.807, 2.05) is 42.5 Å². The molecule has 1 heterocycles. The molecule has 3 heteroatoms. The van der Waals surface area contributed by atoms with Gasteiger partial charge in [0.15, 0.2) is 5.78 Å². The van der Waals surface area contributed by atoms with E-state index in [0.29, 0.717) is 6.42 Å². The van der Waals surface area contributed by atoms with Crippen LogP contribution in [-0.2, 0) is 12.8 Å². The third kappa shape index (κ3) is 2.93. The highest BCUT2D eigenvalue weighted by molar-refractivity contribution is 9.10. The number of carbonyl (C=O) groups excluding carboxylic acids is 1. The summed E-state index contributed by atoms with van der Waals surface area (Å²) in [4.78, 5) is 12.4. The summed E-state index contributed by atoms with van der Waals surface area (Å²) < 4.78 is 1.04. The van der Waals surface area contributed by atoms with Crippen LogP contribution in [0.25, 0.3) is 0 Å². The predicted molar refractivity (Wildman–Crippen MR) is 85.4 cm³/mol. The maximum absolute atomic E-state index is 12.4. The molecule has 0 bridgehead atoms. The van der Waals surface area contributed by atoms with Crippen molar-refractivity contribution in [3.8, 4) is 0 Å². The Balaban J connectivity index is 1.78. The Kier molecular flexibility index (Phi) is 3.88. The van der Waals surface area contributed by atoms with Crippen LogP contribution in [0.2, 0.25) is 0 Å². The molecule has 102 valence electrons. The lowest BCUT2D eigenvalue weighted by Gasteiger charge is -2.18. The quantitative estimate of drug-likeness (QED) is 0.853. The Morgan fingerprint density at radius 2 is 1.95 bits per heavy atom. The highest BCUT2D eigenvalue weighted by Gasteiger charge is 2.12. The van der Waals surface area contributed by atoms with E-state index in [-0.39, 0.29) is 5.78 Å². The molecule has 3 rings (SSSR count). The number of fused-ring (bicyclic) bond motifs is 1. The number of aryl methyl sites for hydroxylation is 1. The van der Waals surface area contributed by atoms with E-state index in [0.717, 1.165) is 35.0 Å². The van der Waals surface area contributed by atoms with Crippen molar-refractivity contribution in [3.05, 3.63) is 63.6 Å². The van der Waals surface area contributed by atoms with E-state index in [9.17, 15) is 4.79 Å². The van der Waals surface area contributed by atoms with Gasteiger partial charge < -0.3 is 5.32 Å². The lowest BCUT2D eigenvalue weighted by Crippen LogP contribution is -2.13. The summed E-state index contributed by atoms with van der Waals surface area (Å²) >= 11 is 3.41. The van der Waals surface area contributed by atoms with Gasteiger partial charge in [-0.05, 0) is 54.3 Å². The topological polar surface area (TPSA) is 29.1 Å². The highest BCUT2D eigenvalue weighted by atomic mass is 79.9. The number of hydrogen-bond acceptors (Lipinski definition) is 2. The second-order valence-corrected chi connectivity index (χ2v) is 6.04. The Hall–Kier alpha value is -1.61. The third-order valence-corrected chi connectivity index (χ3v) is 4.17. The molecule has 20 heavy (non-hydrogen) atoms. The van der Waals surface area contributed by atoms with Gasteiger partial charge in [0.05, 0.1) is 0 Å². The largest absolute Gasteiger partial charge is 0.385 e. The van der Waals surface area contributed by atoms with E-state index in [1.54, 1.807) is 0 Å². The number of nitrogens with one attached hydrogen (secondary N) is 1. The molecule has 2 aromatic rings. The van der Waals surface area contributed by atoms with Crippen molar-refractivity contribution in [1.29, 1.82) is 0 Å². The molecule has 0 radical (unpaired) electrons. The summed E-state index contributed by atoms with van der Waals surface area (Å²) in [6.45, 7) is 1.03. The Bertz CT molecular complexity index is 634. The Morgan fingerprint density at radius 1 is 1.15 bits per heavy atom. The van der Waals surface area contributed by atoms with Gasteiger partial charge in [-0.15, -0.1) is 0 Å². The summed E-state index contributed by atoms with van der Waals surface area (Å²) in [5, 5.41) is 3.37. The first-order valence-corrected chi connectivity index (χ1v) is 7.66. The summed E-state index contributed by atoms with van der Waals surface area (Å²) in [6.07, 6.45) is 2.65. The first-order valence-electron chi connectivity index (χ1n) is 6.87. The summed E-state index contributed by atoms with van der Waals surface area (Å²) in [7, 11) is 0. The van der Waals surface area contributed by atoms with Gasteiger partial charge in [0.2, 0.25) is 0 Å². The van der Waals surface area contributed by atoms with Gasteiger partial charge in [-0.2, -0.15) is 0 Å². The lowest BCUT2D eigenvalue weighted by molar-refractivity contribution is 0.0993. The van der Waals surface area contributed by atoms with Crippen LogP contribution in [0.5, 0.6) is 0 Å². The number of rotatable bonds is 3. The standard InChI is InChI=1S/C17H16BrNO/c18-15-6-3-12(4-7-15)10-17(20)14-5-8-16-13(11-14)2-1-9-19-16/h3-8,11,19H,1-2,9-10H2. The minimum absolute atomic E-state index is 0.181. The Labute approximate surface area is 127 Å². The van der Waals surface area contributed by atoms with E-state index in [2.05, 4.69) is 21.2 Å². The van der Waals surface area contributed by atoms with Gasteiger partial charge in [-0.25, -0.2) is 0 Å². The van der Waals surface area contributed by atoms with E-state index in [1.165, 1.54) is 11.3 Å². The second-order valence-electron chi connectivity index (χ2n) is 5.13. The SMILES string of the molecule is O=C(Cc1ccc(Br)cc1)c1ccc2c(c1)CCCN2. The summed E-state index contributed by atoms with van der Waals surface area (Å²) in [6, 6.07) is 13.9. The van der Waals surface area contributed by atoms with Crippen LogP contribution in [-0.4, -0.2) is 12.3 Å². The first kappa shape index (κ1) is 13.4. The monoisotopic (exact) mass is 329 g/mol. The summed E-state index contributed by atoms with van der Waals surface area (Å²) in [5.74, 6) is 0.181. The number of carbonyl (C=O) groups is 1. The molecular formula is C17H16BrNO. The molecule has 0 saturated carbocycles. The van der Waals surface area contributed by atoms with Crippen LogP contribution >= 0.6 is 15.9 Å². The van der Waals surface area contributed by atoms with Crippen molar-refractivity contribution in [2.75, 3.05) is 11.9 Å². The fourth-order valence-corrected chi connectivity index (χ4v) is 2.80. The minimum Gasteiger partial charge on any atom is -0.385 e. The highest BCUT2D eigenvalue weighted by Crippen LogP contribution is 2.23. The molecule has 0 saturated heterocycles. The molecule has 0 aromatic heterocycles. The van der Waals surface area contributed by atoms with Gasteiger partial charge in [-0.1, -0.05) is 28.1 Å². The average molecular weight is 330 g/mol.